The van der Waals surface area contributed by atoms with Gasteiger partial charge in [-0.25, -0.2) is 19.9 Å². The van der Waals surface area contributed by atoms with Crippen molar-refractivity contribution in [2.24, 2.45) is 4.99 Å². The fraction of sp³-hybridized carbons (Fsp3) is 0.267. The van der Waals surface area contributed by atoms with Gasteiger partial charge in [-0.1, -0.05) is 30.3 Å². The van der Waals surface area contributed by atoms with Crippen LogP contribution in [-0.4, -0.2) is 72.1 Å². The van der Waals surface area contributed by atoms with Crippen LogP contribution in [0, 0.1) is 6.92 Å². The summed E-state index contributed by atoms with van der Waals surface area (Å²) in [6.45, 7) is 5.40. The molecule has 0 aliphatic carbocycles. The number of carbonyl (C=O) groups is 2. The lowest BCUT2D eigenvalue weighted by atomic mass is 10.1. The first kappa shape index (κ1) is 31.8. The number of likely N-dealkylation sites (N-methyl/N-ethyl adjacent to an activating group) is 1. The number of aldehydes is 2. The van der Waals surface area contributed by atoms with Gasteiger partial charge in [0.25, 0.3) is 0 Å². The summed E-state index contributed by atoms with van der Waals surface area (Å²) in [4.78, 5) is 40.2. The number of nitrogens with zero attached hydrogens (tertiary/aromatic N) is 5. The number of aromatic nitrogens is 3. The highest BCUT2D eigenvalue weighted by molar-refractivity contribution is 7.19. The van der Waals surface area contributed by atoms with Crippen LogP contribution < -0.4 is 16.4 Å². The second-order valence-corrected chi connectivity index (χ2v) is 10.5. The number of benzene rings is 1. The van der Waals surface area contributed by atoms with Gasteiger partial charge < -0.3 is 30.8 Å². The topological polar surface area (TPSA) is 148 Å². The Balaban J connectivity index is 0.000000174. The summed E-state index contributed by atoms with van der Waals surface area (Å²) in [5, 5.41) is 7.25. The van der Waals surface area contributed by atoms with Crippen LogP contribution >= 0.6 is 11.3 Å². The molecule has 1 aliphatic heterocycles. The molecule has 3 aromatic heterocycles. The minimum Gasteiger partial charge on any atom is -0.474 e. The molecule has 0 fully saturated rings. The van der Waals surface area contributed by atoms with Gasteiger partial charge in [0, 0.05) is 52.7 Å². The van der Waals surface area contributed by atoms with Crippen molar-refractivity contribution in [2.75, 3.05) is 33.0 Å². The molecule has 12 heteroatoms. The van der Waals surface area contributed by atoms with E-state index >= 15 is 0 Å². The number of hydrogen-bond acceptors (Lipinski definition) is 11. The second-order valence-electron chi connectivity index (χ2n) is 9.32. The molecular formula is C30H36N8O3S. The molecule has 11 nitrogen and oxygen atoms in total. The highest BCUT2D eigenvalue weighted by Crippen LogP contribution is 2.25. The molecule has 1 unspecified atom stereocenters. The Bertz CT molecular complexity index is 1490. The van der Waals surface area contributed by atoms with E-state index in [-0.39, 0.29) is 18.5 Å². The van der Waals surface area contributed by atoms with E-state index in [2.05, 4.69) is 36.6 Å². The number of allylic oxidation sites excluding steroid dienone is 1. The summed E-state index contributed by atoms with van der Waals surface area (Å²) in [6, 6.07) is 14.3. The number of hydrogen-bond donors (Lipinski definition) is 3. The molecule has 0 bridgehead atoms. The van der Waals surface area contributed by atoms with Crippen molar-refractivity contribution in [3.8, 4) is 11.1 Å². The van der Waals surface area contributed by atoms with Gasteiger partial charge in [0.15, 0.2) is 6.29 Å². The predicted molar refractivity (Wildman–Crippen MR) is 168 cm³/mol. The number of aliphatic imine (C=N–C) groups is 1. The maximum Gasteiger partial charge on any atom is 0.242 e. The quantitative estimate of drug-likeness (QED) is 0.158. The van der Waals surface area contributed by atoms with Crippen LogP contribution in [0.15, 0.2) is 77.6 Å². The SMILES string of the molecule is CC1COC(/N=C\N(C)CC=O)=C(C=O)N1.CNCc1cc2cnc(N)cc2s1.Cc1ncc(-c2ccccc2)cn1. The lowest BCUT2D eigenvalue weighted by Gasteiger charge is -2.23. The van der Waals surface area contributed by atoms with Crippen LogP contribution in [0.3, 0.4) is 0 Å². The van der Waals surface area contributed by atoms with Gasteiger partial charge in [-0.3, -0.25) is 4.79 Å². The van der Waals surface area contributed by atoms with E-state index in [0.717, 1.165) is 29.8 Å². The minimum atomic E-state index is 0.0897. The number of nitrogen functional groups attached to an aromatic ring is 1. The van der Waals surface area contributed by atoms with Crippen LogP contribution in [0.4, 0.5) is 5.82 Å². The number of carbonyl (C=O) groups excluding carboxylic acids is 2. The van der Waals surface area contributed by atoms with Crippen LogP contribution in [0.25, 0.3) is 21.2 Å². The standard InChI is InChI=1S/C11H10N2.C10H15N3O3.C9H11N3S/c1-9-12-7-11(8-13-9)10-5-3-2-4-6-10;1-8-6-16-10(9(5-15)12-8)11-7-13(2)3-4-14;1-11-5-7-2-6-4-12-9(10)3-8(6)13-7/h2-8H,1H3;4-5,7-8,12H,3,6H2,1-2H3;2-4,11H,5H2,1H3,(H2,10,12)/b;11-7-;. The lowest BCUT2D eigenvalue weighted by molar-refractivity contribution is -0.108. The zero-order valence-corrected chi connectivity index (χ0v) is 25.0. The third-order valence-corrected chi connectivity index (χ3v) is 6.77. The molecular weight excluding hydrogens is 552 g/mol. The van der Waals surface area contributed by atoms with Gasteiger partial charge in [0.2, 0.25) is 5.88 Å². The molecule has 5 rings (SSSR count). The molecule has 4 aromatic rings. The Morgan fingerprint density at radius 1 is 1.14 bits per heavy atom. The molecule has 1 aliphatic rings. The van der Waals surface area contributed by atoms with Gasteiger partial charge in [-0.05, 0) is 38.6 Å². The summed E-state index contributed by atoms with van der Waals surface area (Å²) in [6.07, 6.45) is 8.39. The largest absolute Gasteiger partial charge is 0.474 e. The molecule has 0 amide bonds. The van der Waals surface area contributed by atoms with Gasteiger partial charge in [-0.2, -0.15) is 0 Å². The summed E-state index contributed by atoms with van der Waals surface area (Å²) < 4.78 is 6.50. The van der Waals surface area contributed by atoms with E-state index in [1.54, 1.807) is 23.3 Å². The number of anilines is 1. The normalized spacial score (nSPS) is 14.1. The van der Waals surface area contributed by atoms with Crippen molar-refractivity contribution in [1.82, 2.24) is 30.5 Å². The van der Waals surface area contributed by atoms with Gasteiger partial charge >= 0.3 is 0 Å². The maximum atomic E-state index is 10.7. The first-order chi connectivity index (χ1) is 20.3. The molecule has 220 valence electrons. The van der Waals surface area contributed by atoms with Crippen molar-refractivity contribution < 1.29 is 14.3 Å². The first-order valence-electron chi connectivity index (χ1n) is 13.2. The second kappa shape index (κ2) is 16.6. The fourth-order valence-electron chi connectivity index (χ4n) is 3.59. The van der Waals surface area contributed by atoms with Gasteiger partial charge in [0.05, 0.1) is 18.9 Å². The third kappa shape index (κ3) is 10.1. The van der Waals surface area contributed by atoms with Crippen LogP contribution in [-0.2, 0) is 20.9 Å². The summed E-state index contributed by atoms with van der Waals surface area (Å²) in [7, 11) is 3.65. The molecule has 0 radical (unpaired) electrons. The van der Waals surface area contributed by atoms with Crippen molar-refractivity contribution >= 4 is 46.2 Å². The van der Waals surface area contributed by atoms with Crippen molar-refractivity contribution in [1.29, 1.82) is 0 Å². The summed E-state index contributed by atoms with van der Waals surface area (Å²) in [5.74, 6) is 1.65. The highest BCUT2D eigenvalue weighted by Gasteiger charge is 2.17. The molecule has 42 heavy (non-hydrogen) atoms. The molecule has 1 atom stereocenters. The average Bonchev–Trinajstić information content (AvgIpc) is 3.40. The molecule has 0 saturated carbocycles. The third-order valence-electron chi connectivity index (χ3n) is 5.67. The van der Waals surface area contributed by atoms with E-state index in [0.29, 0.717) is 24.4 Å². The zero-order valence-electron chi connectivity index (χ0n) is 24.2. The van der Waals surface area contributed by atoms with Gasteiger partial charge in [0.1, 0.15) is 30.2 Å². The number of nitrogens with one attached hydrogen (secondary N) is 2. The zero-order chi connectivity index (χ0) is 30.3. The smallest absolute Gasteiger partial charge is 0.242 e. The number of thiophene rings is 1. The average molecular weight is 589 g/mol. The maximum absolute atomic E-state index is 10.7. The van der Waals surface area contributed by atoms with Crippen molar-refractivity contribution in [2.45, 2.75) is 26.4 Å². The number of aryl methyl sites for hydroxylation is 1. The Morgan fingerprint density at radius 3 is 2.55 bits per heavy atom. The number of rotatable bonds is 8. The van der Waals surface area contributed by atoms with E-state index in [9.17, 15) is 9.59 Å². The van der Waals surface area contributed by atoms with E-state index in [4.69, 9.17) is 10.5 Å². The minimum absolute atomic E-state index is 0.0897. The van der Waals surface area contributed by atoms with Crippen molar-refractivity contribution in [3.05, 3.63) is 83.3 Å². The monoisotopic (exact) mass is 588 g/mol. The number of fused-ring (bicyclic) bond motifs is 1. The predicted octanol–water partition coefficient (Wildman–Crippen LogP) is 3.57. The molecule has 0 saturated heterocycles. The fourth-order valence-corrected chi connectivity index (χ4v) is 4.69. The van der Waals surface area contributed by atoms with Crippen molar-refractivity contribution in [3.63, 3.8) is 0 Å². The number of pyridine rings is 1. The van der Waals surface area contributed by atoms with Crippen LogP contribution in [0.1, 0.15) is 17.6 Å². The first-order valence-corrected chi connectivity index (χ1v) is 14.0. The Hall–Kier alpha value is -4.68. The van der Waals surface area contributed by atoms with E-state index < -0.39 is 0 Å². The highest BCUT2D eigenvalue weighted by atomic mass is 32.1. The molecule has 4 N–H and O–H groups in total. The summed E-state index contributed by atoms with van der Waals surface area (Å²) in [5.41, 5.74) is 8.13. The van der Waals surface area contributed by atoms with E-state index in [1.165, 1.54) is 21.3 Å². The molecule has 4 heterocycles. The number of nitrogens with two attached hydrogens (primary N) is 1. The Kier molecular flexibility index (Phi) is 12.5. The summed E-state index contributed by atoms with van der Waals surface area (Å²) >= 11 is 1.75. The Labute approximate surface area is 249 Å². The lowest BCUT2D eigenvalue weighted by Crippen LogP contribution is -2.36. The van der Waals surface area contributed by atoms with Crippen LogP contribution in [0.5, 0.6) is 0 Å². The van der Waals surface area contributed by atoms with Gasteiger partial charge in [-0.15, -0.1) is 11.3 Å². The van der Waals surface area contributed by atoms with Crippen LogP contribution in [0.2, 0.25) is 0 Å². The number of ether oxygens (including phenoxy) is 1. The molecule has 1 aromatic carbocycles. The molecule has 0 spiro atoms. The van der Waals surface area contributed by atoms with E-state index in [1.807, 2.05) is 75.9 Å². The Morgan fingerprint density at radius 2 is 1.88 bits per heavy atom.